The first-order valence-electron chi connectivity index (χ1n) is 10.2. The average molecular weight is 432 g/mol. The summed E-state index contributed by atoms with van der Waals surface area (Å²) in [4.78, 5) is 41.8. The molecule has 0 saturated carbocycles. The molecular weight excluding hydrogens is 410 g/mol. The maximum atomic E-state index is 13.3. The van der Waals surface area contributed by atoms with Crippen molar-refractivity contribution in [2.45, 2.75) is 9.92 Å². The molecule has 7 nitrogen and oxygen atoms in total. The average Bonchev–Trinajstić information content (AvgIpc) is 2.94. The second-order valence-corrected chi connectivity index (χ2v) is 8.40. The van der Waals surface area contributed by atoms with Crippen LogP contribution in [0.2, 0.25) is 0 Å². The van der Waals surface area contributed by atoms with Crippen LogP contribution in [0.5, 0.6) is 0 Å². The van der Waals surface area contributed by atoms with Crippen LogP contribution in [-0.4, -0.2) is 59.4 Å². The molecule has 156 valence electrons. The molecule has 2 aliphatic rings. The number of carbonyl (C=O) groups is 2. The Balaban J connectivity index is 1.34. The van der Waals surface area contributed by atoms with Crippen molar-refractivity contribution in [2.75, 3.05) is 42.5 Å². The fraction of sp³-hybridized carbons (Fsp3) is 0.217. The summed E-state index contributed by atoms with van der Waals surface area (Å²) >= 11 is 1.46. The molecule has 0 spiro atoms. The Kier molecular flexibility index (Phi) is 5.30. The molecule has 5 rings (SSSR count). The van der Waals surface area contributed by atoms with Gasteiger partial charge in [0.15, 0.2) is 0 Å². The Morgan fingerprint density at radius 1 is 0.903 bits per heavy atom. The molecular formula is C23H21N5O2S. The Hall–Kier alpha value is -3.39. The van der Waals surface area contributed by atoms with Crippen molar-refractivity contribution >= 4 is 35.1 Å². The zero-order valence-electron chi connectivity index (χ0n) is 16.8. The van der Waals surface area contributed by atoms with Crippen molar-refractivity contribution in [3.05, 3.63) is 72.6 Å². The highest BCUT2D eigenvalue weighted by Crippen LogP contribution is 2.40. The number of hydrogen-bond acceptors (Lipinski definition) is 6. The zero-order valence-corrected chi connectivity index (χ0v) is 17.7. The highest BCUT2D eigenvalue weighted by molar-refractivity contribution is 7.99. The first-order chi connectivity index (χ1) is 15.2. The van der Waals surface area contributed by atoms with Crippen LogP contribution in [0.1, 0.15) is 10.4 Å². The Morgan fingerprint density at radius 3 is 2.48 bits per heavy atom. The summed E-state index contributed by atoms with van der Waals surface area (Å²) in [6, 6.07) is 17.0. The third-order valence-electron chi connectivity index (χ3n) is 5.51. The molecule has 1 fully saturated rings. The maximum absolute atomic E-state index is 13.3. The van der Waals surface area contributed by atoms with Gasteiger partial charge >= 0.3 is 0 Å². The normalized spacial score (nSPS) is 15.9. The SMILES string of the molecule is O=C(CN1C(=O)c2cccnc2Sc2ccccc21)N1CCN(c2ccccn2)CC1. The summed E-state index contributed by atoms with van der Waals surface area (Å²) in [6.07, 6.45) is 3.46. The predicted octanol–water partition coefficient (Wildman–Crippen LogP) is 2.94. The molecule has 0 radical (unpaired) electrons. The third-order valence-corrected chi connectivity index (χ3v) is 6.59. The van der Waals surface area contributed by atoms with E-state index in [9.17, 15) is 9.59 Å². The van der Waals surface area contributed by atoms with Gasteiger partial charge in [0.1, 0.15) is 17.4 Å². The largest absolute Gasteiger partial charge is 0.353 e. The summed E-state index contributed by atoms with van der Waals surface area (Å²) in [7, 11) is 0. The van der Waals surface area contributed by atoms with E-state index in [2.05, 4.69) is 14.9 Å². The van der Waals surface area contributed by atoms with Gasteiger partial charge in [-0.05, 0) is 36.4 Å². The minimum absolute atomic E-state index is 0.00826. The number of nitrogens with zero attached hydrogens (tertiary/aromatic N) is 5. The van der Waals surface area contributed by atoms with Gasteiger partial charge in [-0.2, -0.15) is 0 Å². The lowest BCUT2D eigenvalue weighted by atomic mass is 10.2. The Morgan fingerprint density at radius 2 is 1.68 bits per heavy atom. The van der Waals surface area contributed by atoms with Crippen LogP contribution < -0.4 is 9.80 Å². The number of fused-ring (bicyclic) bond motifs is 2. The number of carbonyl (C=O) groups excluding carboxylic acids is 2. The molecule has 4 heterocycles. The number of rotatable bonds is 3. The number of aromatic nitrogens is 2. The van der Waals surface area contributed by atoms with E-state index < -0.39 is 0 Å². The molecule has 2 aromatic heterocycles. The van der Waals surface area contributed by atoms with Crippen LogP contribution in [-0.2, 0) is 4.79 Å². The number of para-hydroxylation sites is 1. The Bertz CT molecular complexity index is 1120. The van der Waals surface area contributed by atoms with Crippen molar-refractivity contribution in [3.8, 4) is 0 Å². The topological polar surface area (TPSA) is 69.6 Å². The van der Waals surface area contributed by atoms with Gasteiger partial charge in [0.05, 0.1) is 11.3 Å². The van der Waals surface area contributed by atoms with Gasteiger partial charge in [0, 0.05) is 43.5 Å². The van der Waals surface area contributed by atoms with Crippen LogP contribution in [0.3, 0.4) is 0 Å². The molecule has 8 heteroatoms. The second-order valence-electron chi connectivity index (χ2n) is 7.37. The van der Waals surface area contributed by atoms with E-state index in [0.29, 0.717) is 23.7 Å². The van der Waals surface area contributed by atoms with Crippen LogP contribution in [0.25, 0.3) is 0 Å². The quantitative estimate of drug-likeness (QED) is 0.635. The summed E-state index contributed by atoms with van der Waals surface area (Å²) in [6.45, 7) is 2.65. The number of pyridine rings is 2. The van der Waals surface area contributed by atoms with Crippen molar-refractivity contribution in [1.29, 1.82) is 0 Å². The van der Waals surface area contributed by atoms with Crippen LogP contribution in [0.15, 0.2) is 76.9 Å². The molecule has 0 N–H and O–H groups in total. The minimum Gasteiger partial charge on any atom is -0.353 e. The lowest BCUT2D eigenvalue weighted by Gasteiger charge is -2.36. The van der Waals surface area contributed by atoms with Gasteiger partial charge in [-0.1, -0.05) is 30.0 Å². The number of hydrogen-bond donors (Lipinski definition) is 0. The highest BCUT2D eigenvalue weighted by atomic mass is 32.2. The van der Waals surface area contributed by atoms with Gasteiger partial charge in [-0.3, -0.25) is 14.5 Å². The first-order valence-corrected chi connectivity index (χ1v) is 11.0. The van der Waals surface area contributed by atoms with E-state index in [-0.39, 0.29) is 18.4 Å². The standard InChI is InChI=1S/C23H21N5O2S/c29-21(27-14-12-26(13-15-27)20-9-3-4-10-24-20)16-28-18-7-1-2-8-19(18)31-22-17(23(28)30)6-5-11-25-22/h1-11H,12-16H2. The van der Waals surface area contributed by atoms with E-state index >= 15 is 0 Å². The molecule has 31 heavy (non-hydrogen) atoms. The van der Waals surface area contributed by atoms with Crippen LogP contribution in [0, 0.1) is 0 Å². The maximum Gasteiger partial charge on any atom is 0.261 e. The van der Waals surface area contributed by atoms with Gasteiger partial charge < -0.3 is 9.80 Å². The molecule has 0 atom stereocenters. The number of piperazine rings is 1. The predicted molar refractivity (Wildman–Crippen MR) is 120 cm³/mol. The first kappa shape index (κ1) is 19.6. The number of benzene rings is 1. The molecule has 2 amide bonds. The summed E-state index contributed by atoms with van der Waals surface area (Å²) in [5.74, 6) is 0.675. The fourth-order valence-electron chi connectivity index (χ4n) is 3.88. The van der Waals surface area contributed by atoms with E-state index in [0.717, 1.165) is 29.5 Å². The molecule has 0 bridgehead atoms. The lowest BCUT2D eigenvalue weighted by Crippen LogP contribution is -2.52. The molecule has 1 saturated heterocycles. The van der Waals surface area contributed by atoms with Gasteiger partial charge in [0.2, 0.25) is 5.91 Å². The van der Waals surface area contributed by atoms with E-state index in [1.54, 1.807) is 29.4 Å². The zero-order chi connectivity index (χ0) is 21.2. The molecule has 0 aliphatic carbocycles. The van der Waals surface area contributed by atoms with Crippen molar-refractivity contribution in [1.82, 2.24) is 14.9 Å². The third kappa shape index (κ3) is 3.86. The number of anilines is 2. The summed E-state index contributed by atoms with van der Waals surface area (Å²) < 4.78 is 0. The smallest absolute Gasteiger partial charge is 0.261 e. The second kappa shape index (κ2) is 8.39. The van der Waals surface area contributed by atoms with Crippen molar-refractivity contribution in [3.63, 3.8) is 0 Å². The van der Waals surface area contributed by atoms with E-state index in [1.165, 1.54) is 11.8 Å². The van der Waals surface area contributed by atoms with Gasteiger partial charge in [-0.25, -0.2) is 9.97 Å². The molecule has 1 aromatic carbocycles. The summed E-state index contributed by atoms with van der Waals surface area (Å²) in [5, 5.41) is 0.666. The highest BCUT2D eigenvalue weighted by Gasteiger charge is 2.31. The summed E-state index contributed by atoms with van der Waals surface area (Å²) in [5.41, 5.74) is 1.27. The van der Waals surface area contributed by atoms with Crippen LogP contribution >= 0.6 is 11.8 Å². The van der Waals surface area contributed by atoms with Crippen molar-refractivity contribution in [2.24, 2.45) is 0 Å². The Labute approximate surface area is 184 Å². The fourth-order valence-corrected chi connectivity index (χ4v) is 4.89. The molecule has 0 unspecified atom stereocenters. The minimum atomic E-state index is -0.193. The number of amides is 2. The van der Waals surface area contributed by atoms with Gasteiger partial charge in [-0.15, -0.1) is 0 Å². The molecule has 3 aromatic rings. The monoisotopic (exact) mass is 431 g/mol. The van der Waals surface area contributed by atoms with Gasteiger partial charge in [0.25, 0.3) is 5.91 Å². The van der Waals surface area contributed by atoms with Crippen molar-refractivity contribution < 1.29 is 9.59 Å². The molecule has 2 aliphatic heterocycles. The lowest BCUT2D eigenvalue weighted by molar-refractivity contribution is -0.129. The van der Waals surface area contributed by atoms with E-state index in [1.807, 2.05) is 47.4 Å². The van der Waals surface area contributed by atoms with E-state index in [4.69, 9.17) is 0 Å². The van der Waals surface area contributed by atoms with Crippen LogP contribution in [0.4, 0.5) is 11.5 Å².